The number of likely N-dealkylation sites (tertiary alicyclic amines) is 1. The Kier molecular flexibility index (Phi) is 12.3. The average molecular weight is 368 g/mol. The second-order valence-corrected chi connectivity index (χ2v) is 6.95. The van der Waals surface area contributed by atoms with Crippen molar-refractivity contribution in [1.82, 2.24) is 15.5 Å². The first kappa shape index (κ1) is 23.0. The number of carbonyl (C=O) groups is 1. The Morgan fingerprint density at radius 3 is 2.30 bits per heavy atom. The van der Waals surface area contributed by atoms with Crippen molar-refractivity contribution in [2.45, 2.75) is 70.9 Å². The quantitative estimate of drug-likeness (QED) is 0.758. The summed E-state index contributed by atoms with van der Waals surface area (Å²) in [5.41, 5.74) is 0. The highest BCUT2D eigenvalue weighted by atomic mass is 35.5. The van der Waals surface area contributed by atoms with Crippen LogP contribution in [0, 0.1) is 5.92 Å². The van der Waals surface area contributed by atoms with Gasteiger partial charge in [0.05, 0.1) is 0 Å². The second kappa shape index (κ2) is 12.3. The minimum Gasteiger partial charge on any atom is -0.355 e. The molecular weight excluding hydrogens is 333 g/mol. The van der Waals surface area contributed by atoms with E-state index in [0.717, 1.165) is 38.5 Å². The maximum absolute atomic E-state index is 11.9. The first-order valence-electron chi connectivity index (χ1n) is 8.90. The molecule has 4 nitrogen and oxygen atoms in total. The van der Waals surface area contributed by atoms with Gasteiger partial charge in [0.15, 0.2) is 0 Å². The minimum atomic E-state index is 0. The highest BCUT2D eigenvalue weighted by Crippen LogP contribution is 2.21. The van der Waals surface area contributed by atoms with Crippen LogP contribution in [0.15, 0.2) is 0 Å². The Hall–Kier alpha value is -0.0300. The number of nitrogens with zero attached hydrogens (tertiary/aromatic N) is 1. The third-order valence-corrected chi connectivity index (χ3v) is 5.31. The summed E-state index contributed by atoms with van der Waals surface area (Å²) in [6.07, 6.45) is 8.18. The van der Waals surface area contributed by atoms with Gasteiger partial charge >= 0.3 is 0 Å². The molecule has 0 radical (unpaired) electrons. The minimum absolute atomic E-state index is 0. The van der Waals surface area contributed by atoms with Gasteiger partial charge in [-0.2, -0.15) is 0 Å². The molecule has 0 aromatic heterocycles. The van der Waals surface area contributed by atoms with Gasteiger partial charge in [-0.3, -0.25) is 9.69 Å². The normalized spacial score (nSPS) is 26.0. The van der Waals surface area contributed by atoms with Crippen LogP contribution in [-0.2, 0) is 4.79 Å². The molecule has 23 heavy (non-hydrogen) atoms. The van der Waals surface area contributed by atoms with E-state index in [9.17, 15) is 4.79 Å². The predicted molar refractivity (Wildman–Crippen MR) is 102 cm³/mol. The topological polar surface area (TPSA) is 44.4 Å². The van der Waals surface area contributed by atoms with Gasteiger partial charge in [-0.25, -0.2) is 0 Å². The van der Waals surface area contributed by atoms with E-state index in [4.69, 9.17) is 0 Å². The van der Waals surface area contributed by atoms with Crippen molar-refractivity contribution < 1.29 is 4.79 Å². The third kappa shape index (κ3) is 8.06. The van der Waals surface area contributed by atoms with Crippen LogP contribution in [0.3, 0.4) is 0 Å². The summed E-state index contributed by atoms with van der Waals surface area (Å²) in [6, 6.07) is 1.33. The van der Waals surface area contributed by atoms with E-state index < -0.39 is 0 Å². The van der Waals surface area contributed by atoms with Gasteiger partial charge in [-0.1, -0.05) is 6.42 Å². The molecule has 138 valence electrons. The maximum atomic E-state index is 11.9. The van der Waals surface area contributed by atoms with Crippen LogP contribution in [0.2, 0.25) is 0 Å². The molecule has 2 rings (SSSR count). The Morgan fingerprint density at radius 2 is 1.70 bits per heavy atom. The zero-order chi connectivity index (χ0) is 15.1. The second-order valence-electron chi connectivity index (χ2n) is 6.95. The van der Waals surface area contributed by atoms with E-state index in [1.807, 2.05) is 0 Å². The predicted octanol–water partition coefficient (Wildman–Crippen LogP) is 2.99. The fourth-order valence-electron chi connectivity index (χ4n) is 3.83. The Morgan fingerprint density at radius 1 is 1.09 bits per heavy atom. The first-order chi connectivity index (χ1) is 10.2. The summed E-state index contributed by atoms with van der Waals surface area (Å²) < 4.78 is 0. The highest BCUT2D eigenvalue weighted by Gasteiger charge is 2.24. The van der Waals surface area contributed by atoms with Gasteiger partial charge in [0, 0.05) is 31.6 Å². The van der Waals surface area contributed by atoms with E-state index >= 15 is 0 Å². The number of halogens is 2. The molecule has 1 amide bonds. The van der Waals surface area contributed by atoms with Crippen molar-refractivity contribution in [3.05, 3.63) is 0 Å². The first-order valence-corrected chi connectivity index (χ1v) is 8.90. The molecule has 2 aliphatic rings. The van der Waals surface area contributed by atoms with Gasteiger partial charge in [0.1, 0.15) is 0 Å². The lowest BCUT2D eigenvalue weighted by Crippen LogP contribution is -2.47. The van der Waals surface area contributed by atoms with Gasteiger partial charge in [-0.05, 0) is 65.0 Å². The number of carbonyl (C=O) groups excluding carboxylic acids is 1. The molecule has 2 atom stereocenters. The average Bonchev–Trinajstić information content (AvgIpc) is 2.49. The lowest BCUT2D eigenvalue weighted by atomic mass is 9.93. The molecule has 6 heteroatoms. The number of hydrogen-bond donors (Lipinski definition) is 2. The molecule has 0 saturated carbocycles. The van der Waals surface area contributed by atoms with Gasteiger partial charge in [-0.15, -0.1) is 24.8 Å². The summed E-state index contributed by atoms with van der Waals surface area (Å²) in [5.74, 6) is 0.991. The molecular formula is C17H35Cl2N3O. The Bertz CT molecular complexity index is 315. The molecule has 0 aromatic carbocycles. The molecule has 0 spiro atoms. The van der Waals surface area contributed by atoms with Crippen molar-refractivity contribution in [2.75, 3.05) is 26.2 Å². The van der Waals surface area contributed by atoms with Crippen LogP contribution in [0.25, 0.3) is 0 Å². The molecule has 0 bridgehead atoms. The smallest absolute Gasteiger partial charge is 0.220 e. The van der Waals surface area contributed by atoms with Crippen molar-refractivity contribution in [1.29, 1.82) is 0 Å². The number of hydrogen-bond acceptors (Lipinski definition) is 3. The summed E-state index contributed by atoms with van der Waals surface area (Å²) in [6.45, 7) is 8.68. The van der Waals surface area contributed by atoms with Crippen molar-refractivity contribution >= 4 is 30.7 Å². The summed E-state index contributed by atoms with van der Waals surface area (Å²) in [7, 11) is 0. The van der Waals surface area contributed by atoms with Crippen LogP contribution in [0.1, 0.15) is 58.8 Å². The van der Waals surface area contributed by atoms with E-state index in [-0.39, 0.29) is 30.7 Å². The van der Waals surface area contributed by atoms with Crippen LogP contribution < -0.4 is 10.6 Å². The van der Waals surface area contributed by atoms with Crippen molar-refractivity contribution in [3.8, 4) is 0 Å². The van der Waals surface area contributed by atoms with Crippen LogP contribution in [-0.4, -0.2) is 49.1 Å². The lowest BCUT2D eigenvalue weighted by molar-refractivity contribution is -0.121. The third-order valence-electron chi connectivity index (χ3n) is 5.31. The number of amides is 1. The summed E-state index contributed by atoms with van der Waals surface area (Å²) in [5, 5.41) is 6.49. The lowest BCUT2D eigenvalue weighted by Gasteiger charge is -2.39. The number of rotatable bonds is 6. The van der Waals surface area contributed by atoms with Crippen LogP contribution >= 0.6 is 24.8 Å². The standard InChI is InChI=1S/C17H33N3O.2ClH/c1-14-4-3-5-15(2)20(14)13-12-19-17(21)7-6-16-8-10-18-11-9-16;;/h14-16,18H,3-13H2,1-2H3,(H,19,21);2*1H. The summed E-state index contributed by atoms with van der Waals surface area (Å²) in [4.78, 5) is 14.5. The van der Waals surface area contributed by atoms with Gasteiger partial charge in [0.25, 0.3) is 0 Å². The Balaban J connectivity index is 0.00000242. The van der Waals surface area contributed by atoms with Crippen LogP contribution in [0.5, 0.6) is 0 Å². The number of nitrogens with one attached hydrogen (secondary N) is 2. The molecule has 2 fully saturated rings. The number of piperidine rings is 2. The molecule has 0 aliphatic carbocycles. The fourth-order valence-corrected chi connectivity index (χ4v) is 3.83. The maximum Gasteiger partial charge on any atom is 0.220 e. The van der Waals surface area contributed by atoms with Gasteiger partial charge < -0.3 is 10.6 Å². The van der Waals surface area contributed by atoms with E-state index in [2.05, 4.69) is 29.4 Å². The fraction of sp³-hybridized carbons (Fsp3) is 0.941. The Labute approximate surface area is 154 Å². The zero-order valence-electron chi connectivity index (χ0n) is 14.7. The molecule has 2 aliphatic heterocycles. The van der Waals surface area contributed by atoms with Gasteiger partial charge in [0.2, 0.25) is 5.91 Å². The monoisotopic (exact) mass is 367 g/mol. The highest BCUT2D eigenvalue weighted by molar-refractivity contribution is 5.85. The van der Waals surface area contributed by atoms with Crippen LogP contribution in [0.4, 0.5) is 0 Å². The van der Waals surface area contributed by atoms with Crippen molar-refractivity contribution in [3.63, 3.8) is 0 Å². The van der Waals surface area contributed by atoms with Crippen molar-refractivity contribution in [2.24, 2.45) is 5.92 Å². The largest absolute Gasteiger partial charge is 0.355 e. The summed E-state index contributed by atoms with van der Waals surface area (Å²) >= 11 is 0. The molecule has 2 unspecified atom stereocenters. The zero-order valence-corrected chi connectivity index (χ0v) is 16.3. The van der Waals surface area contributed by atoms with E-state index in [1.165, 1.54) is 32.1 Å². The SMILES string of the molecule is CC1CCCC(C)N1CCNC(=O)CCC1CCNCC1.Cl.Cl. The van der Waals surface area contributed by atoms with E-state index in [1.54, 1.807) is 0 Å². The molecule has 0 aromatic rings. The molecule has 2 heterocycles. The molecule has 2 saturated heterocycles. The van der Waals surface area contributed by atoms with E-state index in [0.29, 0.717) is 18.5 Å². The molecule has 2 N–H and O–H groups in total.